The Hall–Kier alpha value is -2.22. The Bertz CT molecular complexity index is 856. The second kappa shape index (κ2) is 6.69. The number of carbonyl (C=O) groups excluding carboxylic acids is 2. The summed E-state index contributed by atoms with van der Waals surface area (Å²) in [5.41, 5.74) is 0.175. The smallest absolute Gasteiger partial charge is 0.287 e. The van der Waals surface area contributed by atoms with Gasteiger partial charge in [0, 0.05) is 5.41 Å². The van der Waals surface area contributed by atoms with Gasteiger partial charge in [0.1, 0.15) is 11.0 Å². The largest absolute Gasteiger partial charge is 0.459 e. The number of nitrogens with zero attached hydrogens (tertiary/aromatic N) is 2. The average molecular weight is 401 g/mol. The van der Waals surface area contributed by atoms with E-state index >= 15 is 0 Å². The highest BCUT2D eigenvalue weighted by molar-refractivity contribution is 7.15. The maximum atomic E-state index is 12.5. The molecule has 4 fully saturated rings. The molecular formula is C20H24N4O3S. The van der Waals surface area contributed by atoms with Crippen molar-refractivity contribution in [1.82, 2.24) is 15.5 Å². The number of furan rings is 1. The van der Waals surface area contributed by atoms with Crippen LogP contribution in [0, 0.1) is 17.8 Å². The minimum atomic E-state index is -0.704. The van der Waals surface area contributed by atoms with Gasteiger partial charge in [-0.3, -0.25) is 14.9 Å². The topological polar surface area (TPSA) is 97.1 Å². The SMILES string of the molecule is CC(NC(=O)c1ccco1)C(=O)Nc1nnc(C23CC4CC(CC(C4)C2)C3)s1. The standard InChI is InChI=1S/C20H24N4O3S/c1-11(21-17(26)15-3-2-4-27-15)16(25)22-19-24-23-18(28-19)20-8-12-5-13(9-20)7-14(6-12)10-20/h2-4,11-14H,5-10H2,1H3,(H,21,26)(H,22,24,25). The molecule has 0 radical (unpaired) electrons. The van der Waals surface area contributed by atoms with E-state index in [4.69, 9.17) is 4.42 Å². The van der Waals surface area contributed by atoms with Crippen LogP contribution in [0.2, 0.25) is 0 Å². The normalized spacial score (nSPS) is 31.5. The number of rotatable bonds is 5. The highest BCUT2D eigenvalue weighted by Crippen LogP contribution is 2.61. The molecule has 2 heterocycles. The van der Waals surface area contributed by atoms with Crippen LogP contribution < -0.4 is 10.6 Å². The van der Waals surface area contributed by atoms with Crippen LogP contribution in [-0.2, 0) is 10.2 Å². The van der Waals surface area contributed by atoms with Crippen molar-refractivity contribution in [3.63, 3.8) is 0 Å². The zero-order chi connectivity index (χ0) is 19.3. The third-order valence-corrected chi connectivity index (χ3v) is 7.72. The number of hydrogen-bond donors (Lipinski definition) is 2. The zero-order valence-electron chi connectivity index (χ0n) is 15.8. The second-order valence-electron chi connectivity index (χ2n) is 8.77. The first-order valence-electron chi connectivity index (χ1n) is 10.00. The molecule has 0 aliphatic heterocycles. The van der Waals surface area contributed by atoms with E-state index in [2.05, 4.69) is 20.8 Å². The monoisotopic (exact) mass is 400 g/mol. The first-order chi connectivity index (χ1) is 13.5. The summed E-state index contributed by atoms with van der Waals surface area (Å²) >= 11 is 1.50. The Kier molecular flexibility index (Phi) is 4.26. The molecule has 2 amide bonds. The maximum absolute atomic E-state index is 12.5. The summed E-state index contributed by atoms with van der Waals surface area (Å²) in [5, 5.41) is 15.7. The number of hydrogen-bond acceptors (Lipinski definition) is 6. The van der Waals surface area contributed by atoms with Crippen LogP contribution in [-0.4, -0.2) is 28.1 Å². The Morgan fingerprint density at radius 1 is 1.18 bits per heavy atom. The lowest BCUT2D eigenvalue weighted by molar-refractivity contribution is -0.117. The quantitative estimate of drug-likeness (QED) is 0.802. The lowest BCUT2D eigenvalue weighted by atomic mass is 9.50. The first-order valence-corrected chi connectivity index (χ1v) is 10.8. The Morgan fingerprint density at radius 3 is 2.46 bits per heavy atom. The van der Waals surface area contributed by atoms with E-state index in [0.29, 0.717) is 5.13 Å². The molecule has 148 valence electrons. The Labute approximate surface area is 167 Å². The number of carbonyl (C=O) groups is 2. The van der Waals surface area contributed by atoms with Gasteiger partial charge in [-0.1, -0.05) is 11.3 Å². The summed E-state index contributed by atoms with van der Waals surface area (Å²) in [6.45, 7) is 1.64. The fourth-order valence-corrected chi connectivity index (χ4v) is 6.78. The molecule has 0 aromatic carbocycles. The summed E-state index contributed by atoms with van der Waals surface area (Å²) in [6.07, 6.45) is 9.23. The van der Waals surface area contributed by atoms with Crippen molar-refractivity contribution in [3.05, 3.63) is 29.2 Å². The van der Waals surface area contributed by atoms with Crippen molar-refractivity contribution in [2.24, 2.45) is 17.8 Å². The van der Waals surface area contributed by atoms with E-state index in [1.165, 1.54) is 56.1 Å². The van der Waals surface area contributed by atoms with Crippen LogP contribution in [0.4, 0.5) is 5.13 Å². The maximum Gasteiger partial charge on any atom is 0.287 e. The van der Waals surface area contributed by atoms with Gasteiger partial charge in [0.05, 0.1) is 6.26 Å². The third kappa shape index (κ3) is 3.13. The lowest BCUT2D eigenvalue weighted by Crippen LogP contribution is -2.48. The molecule has 28 heavy (non-hydrogen) atoms. The molecule has 0 spiro atoms. The second-order valence-corrected chi connectivity index (χ2v) is 9.75. The van der Waals surface area contributed by atoms with Gasteiger partial charge in [0.2, 0.25) is 11.0 Å². The third-order valence-electron chi connectivity index (χ3n) is 6.63. The van der Waals surface area contributed by atoms with Gasteiger partial charge in [0.25, 0.3) is 5.91 Å². The van der Waals surface area contributed by atoms with Crippen molar-refractivity contribution in [2.75, 3.05) is 5.32 Å². The van der Waals surface area contributed by atoms with Gasteiger partial charge >= 0.3 is 0 Å². The van der Waals surface area contributed by atoms with Gasteiger partial charge in [-0.05, 0) is 75.3 Å². The molecule has 2 aromatic heterocycles. The molecule has 1 atom stereocenters. The van der Waals surface area contributed by atoms with Crippen LogP contribution in [0.5, 0.6) is 0 Å². The lowest BCUT2D eigenvalue weighted by Gasteiger charge is -2.55. The predicted octanol–water partition coefficient (Wildman–Crippen LogP) is 3.36. The van der Waals surface area contributed by atoms with Gasteiger partial charge < -0.3 is 9.73 Å². The molecule has 2 aromatic rings. The Morgan fingerprint density at radius 2 is 1.86 bits per heavy atom. The minimum Gasteiger partial charge on any atom is -0.459 e. The van der Waals surface area contributed by atoms with Gasteiger partial charge in [-0.2, -0.15) is 0 Å². The van der Waals surface area contributed by atoms with Crippen LogP contribution in [0.1, 0.15) is 61.0 Å². The summed E-state index contributed by atoms with van der Waals surface area (Å²) in [6, 6.07) is 2.49. The Balaban J connectivity index is 1.24. The molecule has 4 aliphatic rings. The van der Waals surface area contributed by atoms with Crippen molar-refractivity contribution >= 4 is 28.3 Å². The van der Waals surface area contributed by atoms with Crippen molar-refractivity contribution in [2.45, 2.75) is 56.9 Å². The molecule has 4 aliphatic carbocycles. The summed E-state index contributed by atoms with van der Waals surface area (Å²) in [4.78, 5) is 24.5. The number of anilines is 1. The van der Waals surface area contributed by atoms with Crippen molar-refractivity contribution < 1.29 is 14.0 Å². The van der Waals surface area contributed by atoms with E-state index in [1.54, 1.807) is 19.1 Å². The molecule has 7 nitrogen and oxygen atoms in total. The fraction of sp³-hybridized carbons (Fsp3) is 0.600. The van der Waals surface area contributed by atoms with Gasteiger partial charge in [-0.15, -0.1) is 10.2 Å². The highest BCUT2D eigenvalue weighted by atomic mass is 32.1. The minimum absolute atomic E-state index is 0.175. The molecular weight excluding hydrogens is 376 g/mol. The zero-order valence-corrected chi connectivity index (χ0v) is 16.6. The summed E-state index contributed by atoms with van der Waals surface area (Å²) in [7, 11) is 0. The first kappa shape index (κ1) is 17.8. The molecule has 8 heteroatoms. The summed E-state index contributed by atoms with van der Waals surface area (Å²) < 4.78 is 5.05. The van der Waals surface area contributed by atoms with Crippen LogP contribution in [0.25, 0.3) is 0 Å². The molecule has 6 rings (SSSR count). The van der Waals surface area contributed by atoms with Crippen LogP contribution >= 0.6 is 11.3 Å². The highest BCUT2D eigenvalue weighted by Gasteiger charge is 2.53. The molecule has 4 saturated carbocycles. The van der Waals surface area contributed by atoms with E-state index in [9.17, 15) is 9.59 Å². The molecule has 4 bridgehead atoms. The van der Waals surface area contributed by atoms with Gasteiger partial charge in [0.15, 0.2) is 5.76 Å². The number of nitrogens with one attached hydrogen (secondary N) is 2. The number of amides is 2. The van der Waals surface area contributed by atoms with Gasteiger partial charge in [-0.25, -0.2) is 0 Å². The van der Waals surface area contributed by atoms with E-state index in [-0.39, 0.29) is 17.1 Å². The predicted molar refractivity (Wildman–Crippen MR) is 104 cm³/mol. The fourth-order valence-electron chi connectivity index (χ4n) is 5.82. The van der Waals surface area contributed by atoms with E-state index in [1.807, 2.05) is 0 Å². The van der Waals surface area contributed by atoms with Crippen molar-refractivity contribution in [1.29, 1.82) is 0 Å². The number of aromatic nitrogens is 2. The van der Waals surface area contributed by atoms with Crippen LogP contribution in [0.3, 0.4) is 0 Å². The molecule has 0 saturated heterocycles. The van der Waals surface area contributed by atoms with Crippen LogP contribution in [0.15, 0.2) is 22.8 Å². The average Bonchev–Trinajstić information content (AvgIpc) is 3.32. The summed E-state index contributed by atoms with van der Waals surface area (Å²) in [5.74, 6) is 1.96. The molecule has 1 unspecified atom stereocenters. The van der Waals surface area contributed by atoms with E-state index < -0.39 is 11.9 Å². The van der Waals surface area contributed by atoms with E-state index in [0.717, 1.165) is 22.8 Å². The van der Waals surface area contributed by atoms with Crippen molar-refractivity contribution in [3.8, 4) is 0 Å². The molecule has 2 N–H and O–H groups in total.